The normalized spacial score (nSPS) is 20.7. The van der Waals surface area contributed by atoms with E-state index < -0.39 is 5.60 Å². The number of aliphatic hydroxyl groups is 1. The molecule has 0 saturated carbocycles. The van der Waals surface area contributed by atoms with Gasteiger partial charge in [-0.15, -0.1) is 10.2 Å². The highest BCUT2D eigenvalue weighted by atomic mass is 19.1. The van der Waals surface area contributed by atoms with Crippen molar-refractivity contribution in [1.29, 1.82) is 0 Å². The van der Waals surface area contributed by atoms with Crippen LogP contribution >= 0.6 is 0 Å². The zero-order chi connectivity index (χ0) is 17.2. The molecule has 0 bridgehead atoms. The van der Waals surface area contributed by atoms with E-state index in [9.17, 15) is 14.3 Å². The molecule has 1 unspecified atom stereocenters. The molecule has 1 fully saturated rings. The Morgan fingerprint density at radius 1 is 1.29 bits per heavy atom. The van der Waals surface area contributed by atoms with E-state index in [0.29, 0.717) is 24.2 Å². The van der Waals surface area contributed by atoms with Gasteiger partial charge < -0.3 is 10.0 Å². The fraction of sp³-hybridized carbons (Fsp3) is 0.353. The van der Waals surface area contributed by atoms with Crippen molar-refractivity contribution in [1.82, 2.24) is 15.1 Å². The molecule has 3 rings (SSSR count). The predicted octanol–water partition coefficient (Wildman–Crippen LogP) is 2.66. The van der Waals surface area contributed by atoms with Crippen molar-refractivity contribution < 1.29 is 14.3 Å². The van der Waals surface area contributed by atoms with E-state index >= 15 is 0 Å². The molecule has 126 valence electrons. The minimum atomic E-state index is -0.865. The first-order valence-corrected chi connectivity index (χ1v) is 7.82. The standard InChI is InChI=1S/C17H19FN4O2/c1-17(24)9-4-10-22(11-17)16(23)19-15-8-7-14(20-21-15)12-5-2-3-6-13(12)18/h2-3,5-8,24H,4,9-11H2,1H3,(H,19,21,23). The minimum Gasteiger partial charge on any atom is -0.388 e. The quantitative estimate of drug-likeness (QED) is 0.887. The number of amides is 2. The van der Waals surface area contributed by atoms with Crippen LogP contribution < -0.4 is 5.32 Å². The van der Waals surface area contributed by atoms with E-state index in [1.54, 1.807) is 42.2 Å². The number of rotatable bonds is 2. The summed E-state index contributed by atoms with van der Waals surface area (Å²) in [7, 11) is 0. The van der Waals surface area contributed by atoms with Crippen LogP contribution in [0, 0.1) is 5.82 Å². The summed E-state index contributed by atoms with van der Waals surface area (Å²) in [6, 6.07) is 9.15. The molecule has 2 heterocycles. The molecule has 6 nitrogen and oxygen atoms in total. The molecule has 0 radical (unpaired) electrons. The number of β-amino-alcohol motifs (C(OH)–C–C–N with tert-alkyl or cyclic N) is 1. The highest BCUT2D eigenvalue weighted by Crippen LogP contribution is 2.22. The van der Waals surface area contributed by atoms with Crippen molar-refractivity contribution in [3.05, 3.63) is 42.2 Å². The van der Waals surface area contributed by atoms with Crippen LogP contribution in [0.4, 0.5) is 15.0 Å². The van der Waals surface area contributed by atoms with Crippen LogP contribution in [0.1, 0.15) is 19.8 Å². The Labute approximate surface area is 139 Å². The average molecular weight is 330 g/mol. The smallest absolute Gasteiger partial charge is 0.323 e. The number of likely N-dealkylation sites (tertiary alicyclic amines) is 1. The van der Waals surface area contributed by atoms with E-state index in [0.717, 1.165) is 6.42 Å². The van der Waals surface area contributed by atoms with E-state index in [1.165, 1.54) is 6.07 Å². The highest BCUT2D eigenvalue weighted by Gasteiger charge is 2.31. The minimum absolute atomic E-state index is 0.277. The Balaban J connectivity index is 1.68. The lowest BCUT2D eigenvalue weighted by Gasteiger charge is -2.36. The summed E-state index contributed by atoms with van der Waals surface area (Å²) >= 11 is 0. The van der Waals surface area contributed by atoms with Crippen LogP contribution in [0.2, 0.25) is 0 Å². The van der Waals surface area contributed by atoms with Crippen LogP contribution in [-0.2, 0) is 0 Å². The molecule has 0 aliphatic carbocycles. The number of nitrogens with one attached hydrogen (secondary N) is 1. The summed E-state index contributed by atoms with van der Waals surface area (Å²) in [5, 5.41) is 20.6. The second kappa shape index (κ2) is 6.52. The summed E-state index contributed by atoms with van der Waals surface area (Å²) in [5.74, 6) is -0.0931. The number of nitrogens with zero attached hydrogens (tertiary/aromatic N) is 3. The number of piperidine rings is 1. The van der Waals surface area contributed by atoms with Crippen LogP contribution in [0.15, 0.2) is 36.4 Å². The number of hydrogen-bond acceptors (Lipinski definition) is 4. The molecule has 1 aromatic carbocycles. The predicted molar refractivity (Wildman–Crippen MR) is 87.9 cm³/mol. The van der Waals surface area contributed by atoms with E-state index in [4.69, 9.17) is 0 Å². The molecule has 1 saturated heterocycles. The Morgan fingerprint density at radius 2 is 2.08 bits per heavy atom. The Kier molecular flexibility index (Phi) is 4.44. The van der Waals surface area contributed by atoms with Gasteiger partial charge in [-0.2, -0.15) is 0 Å². The lowest BCUT2D eigenvalue weighted by molar-refractivity contribution is -0.000648. The topological polar surface area (TPSA) is 78.4 Å². The molecule has 24 heavy (non-hydrogen) atoms. The number of benzene rings is 1. The van der Waals surface area contributed by atoms with Gasteiger partial charge in [0.05, 0.1) is 17.8 Å². The molecule has 2 amide bonds. The molecule has 1 aliphatic rings. The van der Waals surface area contributed by atoms with Crippen molar-refractivity contribution in [3.8, 4) is 11.3 Å². The summed E-state index contributed by atoms with van der Waals surface area (Å²) in [4.78, 5) is 13.8. The van der Waals surface area contributed by atoms with Crippen LogP contribution in [0.3, 0.4) is 0 Å². The van der Waals surface area contributed by atoms with E-state index in [-0.39, 0.29) is 24.2 Å². The van der Waals surface area contributed by atoms with Gasteiger partial charge in [-0.3, -0.25) is 5.32 Å². The molecule has 2 N–H and O–H groups in total. The van der Waals surface area contributed by atoms with Gasteiger partial charge >= 0.3 is 6.03 Å². The number of halogens is 1. The summed E-state index contributed by atoms with van der Waals surface area (Å²) < 4.78 is 13.7. The molecule has 1 aliphatic heterocycles. The average Bonchev–Trinajstić information content (AvgIpc) is 2.55. The first kappa shape index (κ1) is 16.3. The van der Waals surface area contributed by atoms with Crippen LogP contribution in [-0.4, -0.2) is 44.9 Å². The van der Waals surface area contributed by atoms with Gasteiger partial charge in [0.2, 0.25) is 0 Å². The van der Waals surface area contributed by atoms with Gasteiger partial charge in [-0.1, -0.05) is 12.1 Å². The molecular formula is C17H19FN4O2. The van der Waals surface area contributed by atoms with E-state index in [2.05, 4.69) is 15.5 Å². The SMILES string of the molecule is CC1(O)CCCN(C(=O)Nc2ccc(-c3ccccc3F)nn2)C1. The third-order valence-corrected chi connectivity index (χ3v) is 4.01. The zero-order valence-electron chi connectivity index (χ0n) is 13.4. The van der Waals surface area contributed by atoms with Gasteiger partial charge in [0.15, 0.2) is 5.82 Å². The molecule has 2 aromatic rings. The van der Waals surface area contributed by atoms with Crippen molar-refractivity contribution in [2.75, 3.05) is 18.4 Å². The third-order valence-electron chi connectivity index (χ3n) is 4.01. The van der Waals surface area contributed by atoms with Crippen LogP contribution in [0.5, 0.6) is 0 Å². The summed E-state index contributed by atoms with van der Waals surface area (Å²) in [5.41, 5.74) is -0.113. The first-order chi connectivity index (χ1) is 11.4. The Morgan fingerprint density at radius 3 is 2.75 bits per heavy atom. The molecule has 1 atom stereocenters. The van der Waals surface area contributed by atoms with Gasteiger partial charge in [0.1, 0.15) is 5.82 Å². The van der Waals surface area contributed by atoms with Crippen molar-refractivity contribution in [3.63, 3.8) is 0 Å². The summed E-state index contributed by atoms with van der Waals surface area (Å²) in [6.07, 6.45) is 1.42. The van der Waals surface area contributed by atoms with Crippen LogP contribution in [0.25, 0.3) is 11.3 Å². The maximum atomic E-state index is 13.7. The van der Waals surface area contributed by atoms with Crippen molar-refractivity contribution >= 4 is 11.8 Å². The Bertz CT molecular complexity index is 734. The molecular weight excluding hydrogens is 311 g/mol. The largest absolute Gasteiger partial charge is 0.388 e. The number of aromatic nitrogens is 2. The number of carbonyl (C=O) groups is 1. The van der Waals surface area contributed by atoms with Gasteiger partial charge in [-0.25, -0.2) is 9.18 Å². The van der Waals surface area contributed by atoms with Crippen molar-refractivity contribution in [2.45, 2.75) is 25.4 Å². The fourth-order valence-electron chi connectivity index (χ4n) is 2.79. The highest BCUT2D eigenvalue weighted by molar-refractivity contribution is 5.88. The van der Waals surface area contributed by atoms with Crippen molar-refractivity contribution in [2.24, 2.45) is 0 Å². The number of anilines is 1. The third kappa shape index (κ3) is 3.68. The summed E-state index contributed by atoms with van der Waals surface area (Å²) in [6.45, 7) is 2.58. The number of carbonyl (C=O) groups excluding carboxylic acids is 1. The second-order valence-corrected chi connectivity index (χ2v) is 6.24. The first-order valence-electron chi connectivity index (χ1n) is 7.82. The molecule has 1 aromatic heterocycles. The second-order valence-electron chi connectivity index (χ2n) is 6.24. The maximum absolute atomic E-state index is 13.7. The monoisotopic (exact) mass is 330 g/mol. The van der Waals surface area contributed by atoms with Gasteiger partial charge in [0, 0.05) is 12.1 Å². The zero-order valence-corrected chi connectivity index (χ0v) is 13.4. The van der Waals surface area contributed by atoms with E-state index in [1.807, 2.05) is 0 Å². The van der Waals surface area contributed by atoms with Gasteiger partial charge in [-0.05, 0) is 44.0 Å². The number of hydrogen-bond donors (Lipinski definition) is 2. The lowest BCUT2D eigenvalue weighted by atomic mass is 9.95. The maximum Gasteiger partial charge on any atom is 0.323 e. The fourth-order valence-corrected chi connectivity index (χ4v) is 2.79. The van der Waals surface area contributed by atoms with Gasteiger partial charge in [0.25, 0.3) is 0 Å². The Hall–Kier alpha value is -2.54. The number of urea groups is 1. The molecule has 0 spiro atoms. The lowest BCUT2D eigenvalue weighted by Crippen LogP contribution is -2.50. The molecule has 7 heteroatoms.